The van der Waals surface area contributed by atoms with Crippen LogP contribution in [-0.2, 0) is 42.9 Å². The van der Waals surface area contributed by atoms with E-state index in [9.17, 15) is 19.2 Å². The molecule has 0 spiro atoms. The first-order valence-electron chi connectivity index (χ1n) is 8.63. The van der Waals surface area contributed by atoms with Gasteiger partial charge in [-0.25, -0.2) is 4.79 Å². The first-order chi connectivity index (χ1) is 12.9. The minimum atomic E-state index is -1.08. The fraction of sp³-hybridized carbons (Fsp3) is 0.579. The van der Waals surface area contributed by atoms with E-state index >= 15 is 0 Å². The Balaban J connectivity index is 3.11. The minimum Gasteiger partial charge on any atom is -0.490 e. The summed E-state index contributed by atoms with van der Waals surface area (Å²) in [4.78, 5) is 46.1. The molecule has 0 fully saturated rings. The van der Waals surface area contributed by atoms with Crippen molar-refractivity contribution in [2.24, 2.45) is 0 Å². The molecule has 0 N–H and O–H groups in total. The molecule has 0 radical (unpaired) electrons. The van der Waals surface area contributed by atoms with Gasteiger partial charge in [0.1, 0.15) is 12.2 Å². The molecule has 0 aromatic carbocycles. The van der Waals surface area contributed by atoms with E-state index in [1.807, 2.05) is 0 Å². The van der Waals surface area contributed by atoms with Gasteiger partial charge in [0, 0.05) is 32.4 Å². The van der Waals surface area contributed by atoms with Crippen LogP contribution >= 0.6 is 0 Å². The molecule has 1 heterocycles. The molecular weight excluding hydrogens is 372 g/mol. The van der Waals surface area contributed by atoms with Gasteiger partial charge in [-0.1, -0.05) is 0 Å². The van der Waals surface area contributed by atoms with Crippen LogP contribution in [0, 0.1) is 0 Å². The van der Waals surface area contributed by atoms with Gasteiger partial charge in [0.25, 0.3) is 0 Å². The van der Waals surface area contributed by atoms with Crippen LogP contribution in [0.25, 0.3) is 0 Å². The molecule has 0 aromatic rings. The number of carbonyl (C=O) groups excluding carboxylic acids is 4. The minimum absolute atomic E-state index is 0.218. The van der Waals surface area contributed by atoms with Gasteiger partial charge >= 0.3 is 23.9 Å². The van der Waals surface area contributed by atoms with Crippen molar-refractivity contribution in [3.05, 3.63) is 24.0 Å². The first-order valence-corrected chi connectivity index (χ1v) is 8.63. The van der Waals surface area contributed by atoms with Crippen LogP contribution in [0.1, 0.15) is 41.5 Å². The molecule has 3 atom stereocenters. The predicted octanol–water partition coefficient (Wildman–Crippen LogP) is 1.59. The lowest BCUT2D eigenvalue weighted by molar-refractivity contribution is -0.180. The number of esters is 4. The molecule has 0 saturated heterocycles. The molecule has 1 aliphatic heterocycles. The Labute approximate surface area is 163 Å². The van der Waals surface area contributed by atoms with Crippen LogP contribution in [0.15, 0.2) is 24.0 Å². The highest BCUT2D eigenvalue weighted by atomic mass is 16.6. The van der Waals surface area contributed by atoms with Crippen molar-refractivity contribution >= 4 is 23.9 Å². The summed E-state index contributed by atoms with van der Waals surface area (Å²) in [6.45, 7) is 8.54. The highest BCUT2D eigenvalue weighted by Gasteiger charge is 2.41. The third-order valence-electron chi connectivity index (χ3n) is 3.24. The molecular formula is C19H26O9. The maximum Gasteiger partial charge on any atom is 0.331 e. The van der Waals surface area contributed by atoms with Gasteiger partial charge in [0.2, 0.25) is 0 Å². The third-order valence-corrected chi connectivity index (χ3v) is 3.24. The maximum atomic E-state index is 11.9. The van der Waals surface area contributed by atoms with Gasteiger partial charge < -0.3 is 23.7 Å². The van der Waals surface area contributed by atoms with Gasteiger partial charge in [0.05, 0.1) is 6.26 Å². The highest BCUT2D eigenvalue weighted by Crippen LogP contribution is 2.26. The fourth-order valence-corrected chi connectivity index (χ4v) is 2.31. The molecule has 0 aromatic heterocycles. The standard InChI is InChI=1S/C19H26O9/c1-11(20)24-10-15-18(27-13(3)22)17(26-12(2)21)14(9-25-15)7-8-16(23)28-19(4,5)6/h7-9,15,17-18H,10H2,1-6H3/b8-7+/t15-,17-,18-/m1/s1. The Morgan fingerprint density at radius 2 is 1.64 bits per heavy atom. The summed E-state index contributed by atoms with van der Waals surface area (Å²) in [5, 5.41) is 0. The SMILES string of the molecule is CC(=O)OC[C@H]1OC=C(/C=C/C(=O)OC(C)(C)C)[C@@H](OC(C)=O)[C@@H]1OC(C)=O. The molecule has 9 nitrogen and oxygen atoms in total. The van der Waals surface area contributed by atoms with Crippen molar-refractivity contribution in [2.75, 3.05) is 6.61 Å². The van der Waals surface area contributed by atoms with Crippen LogP contribution in [0.5, 0.6) is 0 Å². The lowest BCUT2D eigenvalue weighted by atomic mass is 9.98. The first kappa shape index (κ1) is 23.2. The summed E-state index contributed by atoms with van der Waals surface area (Å²) in [5.74, 6) is -2.43. The van der Waals surface area contributed by atoms with Gasteiger partial charge in [-0.2, -0.15) is 0 Å². The second-order valence-electron chi connectivity index (χ2n) is 7.07. The Kier molecular flexibility index (Phi) is 8.21. The van der Waals surface area contributed by atoms with Crippen molar-refractivity contribution in [2.45, 2.75) is 65.5 Å². The molecule has 9 heteroatoms. The largest absolute Gasteiger partial charge is 0.490 e. The topological polar surface area (TPSA) is 114 Å². The van der Waals surface area contributed by atoms with Gasteiger partial charge in [-0.15, -0.1) is 0 Å². The highest BCUT2D eigenvalue weighted by molar-refractivity contribution is 5.83. The number of hydrogen-bond donors (Lipinski definition) is 0. The van der Waals surface area contributed by atoms with E-state index in [1.165, 1.54) is 33.1 Å². The van der Waals surface area contributed by atoms with E-state index in [4.69, 9.17) is 23.7 Å². The summed E-state index contributed by atoms with van der Waals surface area (Å²) in [7, 11) is 0. The van der Waals surface area contributed by atoms with E-state index in [-0.39, 0.29) is 12.2 Å². The van der Waals surface area contributed by atoms with Crippen molar-refractivity contribution in [1.82, 2.24) is 0 Å². The zero-order chi connectivity index (χ0) is 21.5. The Morgan fingerprint density at radius 1 is 1.04 bits per heavy atom. The van der Waals surface area contributed by atoms with E-state index in [0.717, 1.165) is 6.08 Å². The molecule has 1 aliphatic rings. The number of carbonyl (C=O) groups is 4. The Bertz CT molecular complexity index is 669. The number of ether oxygens (including phenoxy) is 5. The quantitative estimate of drug-likeness (QED) is 0.374. The van der Waals surface area contributed by atoms with Crippen LogP contribution in [0.2, 0.25) is 0 Å². The molecule has 1 rings (SSSR count). The second-order valence-corrected chi connectivity index (χ2v) is 7.07. The molecule has 0 saturated carbocycles. The van der Waals surface area contributed by atoms with Gasteiger partial charge in [-0.3, -0.25) is 14.4 Å². The zero-order valence-electron chi connectivity index (χ0n) is 16.8. The van der Waals surface area contributed by atoms with Crippen molar-refractivity contribution in [3.63, 3.8) is 0 Å². The molecule has 0 aliphatic carbocycles. The van der Waals surface area contributed by atoms with Crippen molar-refractivity contribution in [3.8, 4) is 0 Å². The Morgan fingerprint density at radius 3 is 2.14 bits per heavy atom. The summed E-state index contributed by atoms with van der Waals surface area (Å²) in [6, 6.07) is 0. The molecule has 0 amide bonds. The van der Waals surface area contributed by atoms with Gasteiger partial charge in [-0.05, 0) is 26.8 Å². The predicted molar refractivity (Wildman–Crippen MR) is 95.7 cm³/mol. The molecule has 156 valence electrons. The molecule has 0 bridgehead atoms. The van der Waals surface area contributed by atoms with Crippen molar-refractivity contribution < 1.29 is 42.9 Å². The third kappa shape index (κ3) is 8.24. The van der Waals surface area contributed by atoms with Gasteiger partial charge in [0.15, 0.2) is 18.3 Å². The fourth-order valence-electron chi connectivity index (χ4n) is 2.31. The number of hydrogen-bond acceptors (Lipinski definition) is 9. The average Bonchev–Trinajstić information content (AvgIpc) is 2.51. The van der Waals surface area contributed by atoms with E-state index in [1.54, 1.807) is 20.8 Å². The number of rotatable bonds is 6. The second kappa shape index (κ2) is 9.91. The van der Waals surface area contributed by atoms with E-state index in [0.29, 0.717) is 0 Å². The zero-order valence-corrected chi connectivity index (χ0v) is 16.8. The smallest absolute Gasteiger partial charge is 0.331 e. The van der Waals surface area contributed by atoms with Crippen LogP contribution in [0.4, 0.5) is 0 Å². The molecule has 28 heavy (non-hydrogen) atoms. The maximum absolute atomic E-state index is 11.9. The average molecular weight is 398 g/mol. The van der Waals surface area contributed by atoms with E-state index < -0.39 is 47.8 Å². The van der Waals surface area contributed by atoms with Crippen LogP contribution in [0.3, 0.4) is 0 Å². The van der Waals surface area contributed by atoms with Crippen LogP contribution < -0.4 is 0 Å². The van der Waals surface area contributed by atoms with E-state index in [2.05, 4.69) is 0 Å². The summed E-state index contributed by atoms with van der Waals surface area (Å²) in [6.07, 6.45) is 0.714. The van der Waals surface area contributed by atoms with Crippen molar-refractivity contribution in [1.29, 1.82) is 0 Å². The normalized spacial score (nSPS) is 21.9. The summed E-state index contributed by atoms with van der Waals surface area (Å²) in [5.41, 5.74) is -0.407. The lowest BCUT2D eigenvalue weighted by Gasteiger charge is -2.35. The monoisotopic (exact) mass is 398 g/mol. The Hall–Kier alpha value is -2.84. The van der Waals surface area contributed by atoms with Crippen LogP contribution in [-0.4, -0.2) is 54.4 Å². The molecule has 0 unspecified atom stereocenters. The lowest BCUT2D eigenvalue weighted by Crippen LogP contribution is -2.49. The summed E-state index contributed by atoms with van der Waals surface area (Å²) >= 11 is 0. The summed E-state index contributed by atoms with van der Waals surface area (Å²) < 4.78 is 26.1.